The number of benzene rings is 1. The molecular weight excluding hydrogens is 319 g/mol. The number of anilines is 1. The average molecular weight is 335 g/mol. The summed E-state index contributed by atoms with van der Waals surface area (Å²) in [5.74, 6) is 0. The van der Waals surface area contributed by atoms with Crippen molar-refractivity contribution in [1.82, 2.24) is 0 Å². The van der Waals surface area contributed by atoms with Crippen LogP contribution in [-0.4, -0.2) is 42.4 Å². The number of nitrogens with zero attached hydrogens (tertiary/aromatic N) is 2. The van der Waals surface area contributed by atoms with E-state index in [2.05, 4.69) is 0 Å². The molecule has 1 fully saturated rings. The van der Waals surface area contributed by atoms with Crippen molar-refractivity contribution in [3.05, 3.63) is 32.3 Å². The van der Waals surface area contributed by atoms with Crippen LogP contribution in [0.3, 0.4) is 0 Å². The van der Waals surface area contributed by atoms with Crippen LogP contribution < -0.4 is 4.90 Å². The fourth-order valence-electron chi connectivity index (χ4n) is 2.45. The maximum Gasteiger partial charge on any atom is 0.272 e. The minimum absolute atomic E-state index is 0.160. The zero-order chi connectivity index (χ0) is 15.6. The Bertz CT molecular complexity index is 524. The summed E-state index contributed by atoms with van der Waals surface area (Å²) in [5, 5.41) is 21.7. The van der Waals surface area contributed by atoms with E-state index in [9.17, 15) is 15.2 Å². The maximum atomic E-state index is 10.8. The standard InChI is InChI=1S/C13H16Cl2N2O4/c1-16(8-13(18)2-4-21-5-3-13)12-10(14)6-9(17(19)20)7-11(12)15/h6-7,18H,2-5,8H2,1H3. The van der Waals surface area contributed by atoms with E-state index < -0.39 is 10.5 Å². The van der Waals surface area contributed by atoms with Crippen molar-refractivity contribution in [3.8, 4) is 0 Å². The van der Waals surface area contributed by atoms with Gasteiger partial charge < -0.3 is 14.7 Å². The van der Waals surface area contributed by atoms with E-state index in [-0.39, 0.29) is 15.7 Å². The summed E-state index contributed by atoms with van der Waals surface area (Å²) < 4.78 is 5.24. The molecule has 1 saturated heterocycles. The van der Waals surface area contributed by atoms with Gasteiger partial charge in [-0.05, 0) is 0 Å². The third-order valence-corrected chi connectivity index (χ3v) is 4.13. The average Bonchev–Trinajstić information content (AvgIpc) is 2.37. The quantitative estimate of drug-likeness (QED) is 0.676. The largest absolute Gasteiger partial charge is 0.388 e. The van der Waals surface area contributed by atoms with Gasteiger partial charge in [-0.3, -0.25) is 10.1 Å². The van der Waals surface area contributed by atoms with Gasteiger partial charge in [0.15, 0.2) is 0 Å². The van der Waals surface area contributed by atoms with Gasteiger partial charge >= 0.3 is 0 Å². The van der Waals surface area contributed by atoms with Crippen LogP contribution in [-0.2, 0) is 4.74 Å². The summed E-state index contributed by atoms with van der Waals surface area (Å²) in [6.45, 7) is 1.34. The molecule has 0 aliphatic carbocycles. The minimum Gasteiger partial charge on any atom is -0.388 e. The van der Waals surface area contributed by atoms with Gasteiger partial charge in [0.05, 0.1) is 26.3 Å². The van der Waals surface area contributed by atoms with Gasteiger partial charge in [0, 0.05) is 51.8 Å². The minimum atomic E-state index is -0.874. The second-order valence-electron chi connectivity index (χ2n) is 5.21. The number of ether oxygens (including phenoxy) is 1. The zero-order valence-corrected chi connectivity index (χ0v) is 13.0. The van der Waals surface area contributed by atoms with Gasteiger partial charge in [0.2, 0.25) is 0 Å². The highest BCUT2D eigenvalue weighted by molar-refractivity contribution is 6.39. The lowest BCUT2D eigenvalue weighted by Crippen LogP contribution is -2.45. The molecule has 0 aromatic heterocycles. The summed E-state index contributed by atoms with van der Waals surface area (Å²) >= 11 is 12.2. The second-order valence-corrected chi connectivity index (χ2v) is 6.02. The van der Waals surface area contributed by atoms with Crippen LogP contribution in [0.2, 0.25) is 10.0 Å². The van der Waals surface area contributed by atoms with Crippen LogP contribution in [0, 0.1) is 10.1 Å². The summed E-state index contributed by atoms with van der Waals surface area (Å²) in [4.78, 5) is 11.9. The van der Waals surface area contributed by atoms with Crippen LogP contribution in [0.5, 0.6) is 0 Å². The van der Waals surface area contributed by atoms with Gasteiger partial charge in [-0.15, -0.1) is 0 Å². The van der Waals surface area contributed by atoms with Crippen LogP contribution in [0.25, 0.3) is 0 Å². The second kappa shape index (κ2) is 6.36. The van der Waals surface area contributed by atoms with Crippen molar-refractivity contribution in [2.24, 2.45) is 0 Å². The Morgan fingerprint density at radius 1 is 1.38 bits per heavy atom. The molecule has 21 heavy (non-hydrogen) atoms. The highest BCUT2D eigenvalue weighted by Crippen LogP contribution is 2.38. The van der Waals surface area contributed by atoms with E-state index in [0.29, 0.717) is 38.3 Å². The number of aliphatic hydroxyl groups is 1. The number of likely N-dealkylation sites (N-methyl/N-ethyl adjacent to an activating group) is 1. The van der Waals surface area contributed by atoms with Crippen molar-refractivity contribution in [3.63, 3.8) is 0 Å². The van der Waals surface area contributed by atoms with E-state index >= 15 is 0 Å². The SMILES string of the molecule is CN(CC1(O)CCOCC1)c1c(Cl)cc([N+](=O)[O-])cc1Cl. The Morgan fingerprint density at radius 2 is 1.90 bits per heavy atom. The molecule has 116 valence electrons. The van der Waals surface area contributed by atoms with Gasteiger partial charge in [-0.25, -0.2) is 0 Å². The monoisotopic (exact) mass is 334 g/mol. The molecule has 6 nitrogen and oxygen atoms in total. The van der Waals surface area contributed by atoms with Gasteiger partial charge in [-0.1, -0.05) is 23.2 Å². The van der Waals surface area contributed by atoms with Crippen LogP contribution in [0.4, 0.5) is 11.4 Å². The topological polar surface area (TPSA) is 75.8 Å². The van der Waals surface area contributed by atoms with Gasteiger partial charge in [0.25, 0.3) is 5.69 Å². The molecule has 8 heteroatoms. The lowest BCUT2D eigenvalue weighted by molar-refractivity contribution is -0.384. The Morgan fingerprint density at radius 3 is 2.38 bits per heavy atom. The zero-order valence-electron chi connectivity index (χ0n) is 11.5. The molecule has 0 bridgehead atoms. The summed E-state index contributed by atoms with van der Waals surface area (Å²) in [7, 11) is 1.74. The van der Waals surface area contributed by atoms with E-state index in [0.717, 1.165) is 0 Å². The molecular formula is C13H16Cl2N2O4. The van der Waals surface area contributed by atoms with Gasteiger partial charge in [-0.2, -0.15) is 0 Å². The Kier molecular flexibility index (Phi) is 4.93. The molecule has 1 N–H and O–H groups in total. The van der Waals surface area contributed by atoms with Crippen LogP contribution in [0.1, 0.15) is 12.8 Å². The van der Waals surface area contributed by atoms with E-state index in [4.69, 9.17) is 27.9 Å². The number of hydrogen-bond donors (Lipinski definition) is 1. The molecule has 0 atom stereocenters. The first kappa shape index (κ1) is 16.3. The molecule has 0 unspecified atom stereocenters. The van der Waals surface area contributed by atoms with E-state index in [1.165, 1.54) is 12.1 Å². The number of nitro benzene ring substituents is 1. The van der Waals surface area contributed by atoms with Crippen molar-refractivity contribution in [2.75, 3.05) is 31.7 Å². The molecule has 1 aromatic rings. The maximum absolute atomic E-state index is 10.8. The fourth-order valence-corrected chi connectivity index (χ4v) is 3.22. The number of rotatable bonds is 4. The predicted octanol–water partition coefficient (Wildman–Crippen LogP) is 2.88. The third-order valence-electron chi connectivity index (χ3n) is 3.55. The van der Waals surface area contributed by atoms with Crippen LogP contribution in [0.15, 0.2) is 12.1 Å². The molecule has 0 radical (unpaired) electrons. The van der Waals surface area contributed by atoms with Crippen molar-refractivity contribution >= 4 is 34.6 Å². The molecule has 1 aromatic carbocycles. The summed E-state index contributed by atoms with van der Waals surface area (Å²) in [6, 6.07) is 2.51. The normalized spacial score (nSPS) is 17.5. The lowest BCUT2D eigenvalue weighted by Gasteiger charge is -2.36. The first-order chi connectivity index (χ1) is 9.82. The van der Waals surface area contributed by atoms with E-state index in [1.807, 2.05) is 0 Å². The van der Waals surface area contributed by atoms with Crippen molar-refractivity contribution in [1.29, 1.82) is 0 Å². The number of hydrogen-bond acceptors (Lipinski definition) is 5. The lowest BCUT2D eigenvalue weighted by atomic mass is 9.94. The summed E-state index contributed by atoms with van der Waals surface area (Å²) in [5.41, 5.74) is -0.558. The molecule has 1 heterocycles. The highest BCUT2D eigenvalue weighted by Gasteiger charge is 2.32. The number of nitro groups is 1. The predicted molar refractivity (Wildman–Crippen MR) is 81.4 cm³/mol. The highest BCUT2D eigenvalue weighted by atomic mass is 35.5. The Hall–Kier alpha value is -1.08. The molecule has 0 amide bonds. The third kappa shape index (κ3) is 3.77. The van der Waals surface area contributed by atoms with Crippen molar-refractivity contribution in [2.45, 2.75) is 18.4 Å². The first-order valence-electron chi connectivity index (χ1n) is 6.47. The molecule has 0 saturated carbocycles. The smallest absolute Gasteiger partial charge is 0.272 e. The Balaban J connectivity index is 2.22. The van der Waals surface area contributed by atoms with Crippen LogP contribution >= 0.6 is 23.2 Å². The van der Waals surface area contributed by atoms with E-state index in [1.54, 1.807) is 11.9 Å². The first-order valence-corrected chi connectivity index (χ1v) is 7.23. The Labute approximate surface area is 132 Å². The van der Waals surface area contributed by atoms with Gasteiger partial charge in [0.1, 0.15) is 0 Å². The molecule has 1 aliphatic heterocycles. The molecule has 0 spiro atoms. The molecule has 1 aliphatic rings. The van der Waals surface area contributed by atoms with Crippen molar-refractivity contribution < 1.29 is 14.8 Å². The number of halogens is 2. The fraction of sp³-hybridized carbons (Fsp3) is 0.538. The summed E-state index contributed by atoms with van der Waals surface area (Å²) in [6.07, 6.45) is 1.05. The number of non-ortho nitro benzene ring substituents is 1. The molecule has 2 rings (SSSR count).